The summed E-state index contributed by atoms with van der Waals surface area (Å²) in [5.41, 5.74) is 2.71. The van der Waals surface area contributed by atoms with Gasteiger partial charge in [0.1, 0.15) is 0 Å². The lowest BCUT2D eigenvalue weighted by atomic mass is 10.0. The van der Waals surface area contributed by atoms with Crippen molar-refractivity contribution in [2.24, 2.45) is 0 Å². The molecule has 1 aliphatic heterocycles. The van der Waals surface area contributed by atoms with Crippen molar-refractivity contribution >= 4 is 34.7 Å². The summed E-state index contributed by atoms with van der Waals surface area (Å²) >= 11 is 5.84. The number of imide groups is 1. The van der Waals surface area contributed by atoms with Crippen LogP contribution in [-0.4, -0.2) is 16.9 Å². The Morgan fingerprint density at radius 1 is 0.957 bits per heavy atom. The van der Waals surface area contributed by atoms with Crippen LogP contribution in [0.15, 0.2) is 48.2 Å². The van der Waals surface area contributed by atoms with E-state index < -0.39 is 17.6 Å². The Kier molecular flexibility index (Phi) is 3.70. The molecular weight excluding hydrogens is 314 g/mol. The summed E-state index contributed by atoms with van der Waals surface area (Å²) in [6.45, 7) is 3.74. The summed E-state index contributed by atoms with van der Waals surface area (Å²) < 4.78 is 0. The van der Waals surface area contributed by atoms with Crippen LogP contribution in [0.4, 0.5) is 5.69 Å². The molecular formula is C18H14ClNO3. The Labute approximate surface area is 138 Å². The van der Waals surface area contributed by atoms with E-state index in [2.05, 4.69) is 0 Å². The molecule has 0 bridgehead atoms. The highest BCUT2D eigenvalue weighted by molar-refractivity contribution is 6.45. The molecule has 0 fully saturated rings. The number of aliphatic hydroxyl groups is 1. The highest BCUT2D eigenvalue weighted by Gasteiger charge is 2.40. The third kappa shape index (κ3) is 2.41. The summed E-state index contributed by atoms with van der Waals surface area (Å²) in [6.07, 6.45) is 0. The van der Waals surface area contributed by atoms with Gasteiger partial charge in [0.15, 0.2) is 5.76 Å². The van der Waals surface area contributed by atoms with Crippen LogP contribution in [0.2, 0.25) is 5.02 Å². The van der Waals surface area contributed by atoms with Gasteiger partial charge < -0.3 is 5.11 Å². The van der Waals surface area contributed by atoms with E-state index in [4.69, 9.17) is 11.6 Å². The van der Waals surface area contributed by atoms with Gasteiger partial charge in [-0.3, -0.25) is 9.59 Å². The zero-order valence-electron chi connectivity index (χ0n) is 12.6. The molecule has 4 nitrogen and oxygen atoms in total. The minimum atomic E-state index is -0.714. The van der Waals surface area contributed by atoms with Crippen molar-refractivity contribution in [2.75, 3.05) is 4.90 Å². The highest BCUT2D eigenvalue weighted by Crippen LogP contribution is 2.34. The van der Waals surface area contributed by atoms with Crippen molar-refractivity contribution in [2.45, 2.75) is 13.8 Å². The molecule has 0 saturated heterocycles. The predicted molar refractivity (Wildman–Crippen MR) is 89.4 cm³/mol. The molecule has 3 rings (SSSR count). The minimum Gasteiger partial charge on any atom is -0.502 e. The molecule has 0 unspecified atom stereocenters. The summed E-state index contributed by atoms with van der Waals surface area (Å²) in [4.78, 5) is 26.1. The average Bonchev–Trinajstić information content (AvgIpc) is 2.74. The molecule has 0 aliphatic carbocycles. The fourth-order valence-corrected chi connectivity index (χ4v) is 2.72. The normalized spacial score (nSPS) is 14.8. The van der Waals surface area contributed by atoms with Gasteiger partial charge in [0, 0.05) is 5.02 Å². The van der Waals surface area contributed by atoms with Crippen LogP contribution >= 0.6 is 11.6 Å². The predicted octanol–water partition coefficient (Wildman–Crippen LogP) is 3.80. The minimum absolute atomic E-state index is 0.00688. The van der Waals surface area contributed by atoms with Crippen LogP contribution in [0.25, 0.3) is 5.57 Å². The van der Waals surface area contributed by atoms with Crippen LogP contribution < -0.4 is 4.90 Å². The van der Waals surface area contributed by atoms with E-state index in [9.17, 15) is 14.7 Å². The van der Waals surface area contributed by atoms with Gasteiger partial charge in [-0.1, -0.05) is 35.9 Å². The number of aliphatic hydroxyl groups excluding tert-OH is 1. The molecule has 23 heavy (non-hydrogen) atoms. The number of rotatable bonds is 2. The van der Waals surface area contributed by atoms with Gasteiger partial charge in [0.2, 0.25) is 0 Å². The molecule has 0 spiro atoms. The maximum Gasteiger partial charge on any atom is 0.301 e. The Morgan fingerprint density at radius 3 is 2.26 bits per heavy atom. The number of carbonyl (C=O) groups excluding carboxylic acids is 2. The van der Waals surface area contributed by atoms with Crippen molar-refractivity contribution in [1.82, 2.24) is 0 Å². The van der Waals surface area contributed by atoms with Gasteiger partial charge in [-0.15, -0.1) is 0 Å². The summed E-state index contributed by atoms with van der Waals surface area (Å²) in [5, 5.41) is 10.7. The first-order valence-electron chi connectivity index (χ1n) is 7.06. The number of nitrogens with zero attached hydrogens (tertiary/aromatic N) is 1. The SMILES string of the molecule is Cc1cccc(N2C(=O)C(O)=C(c3ccc(Cl)cc3)C2=O)c1C. The molecule has 0 saturated carbocycles. The van der Waals surface area contributed by atoms with E-state index in [1.807, 2.05) is 19.9 Å². The van der Waals surface area contributed by atoms with Crippen LogP contribution in [0, 0.1) is 13.8 Å². The first-order valence-corrected chi connectivity index (χ1v) is 7.44. The van der Waals surface area contributed by atoms with Gasteiger partial charge in [-0.2, -0.15) is 0 Å². The molecule has 0 radical (unpaired) electrons. The Balaban J connectivity index is 2.09. The number of hydrogen-bond donors (Lipinski definition) is 1. The molecule has 1 N–H and O–H groups in total. The molecule has 0 aromatic heterocycles. The van der Waals surface area contributed by atoms with Crippen molar-refractivity contribution < 1.29 is 14.7 Å². The lowest BCUT2D eigenvalue weighted by molar-refractivity contribution is -0.121. The van der Waals surface area contributed by atoms with Crippen LogP contribution in [0.5, 0.6) is 0 Å². The number of hydrogen-bond acceptors (Lipinski definition) is 3. The fraction of sp³-hybridized carbons (Fsp3) is 0.111. The molecule has 2 aromatic rings. The Morgan fingerprint density at radius 2 is 1.61 bits per heavy atom. The number of halogens is 1. The van der Waals surface area contributed by atoms with Crippen molar-refractivity contribution in [3.8, 4) is 0 Å². The first kappa shape index (κ1) is 15.3. The van der Waals surface area contributed by atoms with Gasteiger partial charge in [-0.25, -0.2) is 4.90 Å². The molecule has 1 aliphatic rings. The van der Waals surface area contributed by atoms with Crippen LogP contribution in [-0.2, 0) is 9.59 Å². The van der Waals surface area contributed by atoms with E-state index in [-0.39, 0.29) is 5.57 Å². The van der Waals surface area contributed by atoms with Crippen molar-refractivity contribution in [1.29, 1.82) is 0 Å². The first-order chi connectivity index (χ1) is 10.9. The quantitative estimate of drug-likeness (QED) is 0.853. The van der Waals surface area contributed by atoms with Gasteiger partial charge >= 0.3 is 5.91 Å². The number of aryl methyl sites for hydroxylation is 1. The molecule has 1 heterocycles. The summed E-state index contributed by atoms with van der Waals surface area (Å²) in [6, 6.07) is 11.8. The van der Waals surface area contributed by atoms with Crippen LogP contribution in [0.3, 0.4) is 0 Å². The zero-order valence-corrected chi connectivity index (χ0v) is 13.4. The lowest BCUT2D eigenvalue weighted by Gasteiger charge is -2.18. The molecule has 0 atom stereocenters. The summed E-state index contributed by atoms with van der Waals surface area (Å²) in [7, 11) is 0. The monoisotopic (exact) mass is 327 g/mol. The topological polar surface area (TPSA) is 57.6 Å². The third-order valence-electron chi connectivity index (χ3n) is 4.01. The number of amides is 2. The van der Waals surface area contributed by atoms with Crippen molar-refractivity contribution in [3.05, 3.63) is 69.9 Å². The Bertz CT molecular complexity index is 853. The van der Waals surface area contributed by atoms with Crippen molar-refractivity contribution in [3.63, 3.8) is 0 Å². The molecule has 2 aromatic carbocycles. The average molecular weight is 328 g/mol. The number of carbonyl (C=O) groups is 2. The van der Waals surface area contributed by atoms with Crippen LogP contribution in [0.1, 0.15) is 16.7 Å². The standard InChI is InChI=1S/C18H14ClNO3/c1-10-4-3-5-14(11(10)2)20-17(22)15(16(21)18(20)23)12-6-8-13(19)9-7-12/h3-9,21H,1-2H3. The van der Waals surface area contributed by atoms with Gasteiger partial charge in [0.05, 0.1) is 11.3 Å². The zero-order chi connectivity index (χ0) is 16.7. The van der Waals surface area contributed by atoms with E-state index in [1.54, 1.807) is 36.4 Å². The van der Waals surface area contributed by atoms with E-state index in [0.29, 0.717) is 16.3 Å². The fourth-order valence-electron chi connectivity index (χ4n) is 2.59. The number of benzene rings is 2. The van der Waals surface area contributed by atoms with E-state index in [1.165, 1.54) is 0 Å². The molecule has 5 heteroatoms. The number of anilines is 1. The van der Waals surface area contributed by atoms with Gasteiger partial charge in [0.25, 0.3) is 5.91 Å². The Hall–Kier alpha value is -2.59. The second-order valence-corrected chi connectivity index (χ2v) is 5.83. The molecule has 2 amide bonds. The smallest absolute Gasteiger partial charge is 0.301 e. The lowest BCUT2D eigenvalue weighted by Crippen LogP contribution is -2.32. The maximum atomic E-state index is 12.7. The molecule has 116 valence electrons. The second kappa shape index (κ2) is 5.56. The van der Waals surface area contributed by atoms with E-state index >= 15 is 0 Å². The second-order valence-electron chi connectivity index (χ2n) is 5.40. The maximum absolute atomic E-state index is 12.7. The van der Waals surface area contributed by atoms with Gasteiger partial charge in [-0.05, 0) is 48.7 Å². The highest BCUT2D eigenvalue weighted by atomic mass is 35.5. The summed E-state index contributed by atoms with van der Waals surface area (Å²) in [5.74, 6) is -1.80. The third-order valence-corrected chi connectivity index (χ3v) is 4.26. The largest absolute Gasteiger partial charge is 0.502 e. The van der Waals surface area contributed by atoms with E-state index in [0.717, 1.165) is 16.0 Å².